The molecule has 2 rings (SSSR count). The van der Waals surface area contributed by atoms with Crippen molar-refractivity contribution in [3.05, 3.63) is 29.3 Å². The second-order valence-corrected chi connectivity index (χ2v) is 6.03. The third-order valence-electron chi connectivity index (χ3n) is 4.52. The van der Waals surface area contributed by atoms with E-state index in [9.17, 15) is 4.79 Å². The molecule has 0 aliphatic carbocycles. The van der Waals surface area contributed by atoms with E-state index in [-0.39, 0.29) is 5.91 Å². The highest BCUT2D eigenvalue weighted by atomic mass is 16.2. The minimum Gasteiger partial charge on any atom is -0.376 e. The van der Waals surface area contributed by atoms with Crippen LogP contribution < -0.4 is 5.32 Å². The Morgan fingerprint density at radius 1 is 1.25 bits per heavy atom. The van der Waals surface area contributed by atoms with Gasteiger partial charge in [-0.2, -0.15) is 0 Å². The van der Waals surface area contributed by atoms with Crippen LogP contribution in [0, 0.1) is 13.8 Å². The number of piperidine rings is 1. The summed E-state index contributed by atoms with van der Waals surface area (Å²) in [6, 6.07) is 6.90. The topological polar surface area (TPSA) is 32.3 Å². The molecule has 1 amide bonds. The van der Waals surface area contributed by atoms with E-state index < -0.39 is 0 Å². The summed E-state index contributed by atoms with van der Waals surface area (Å²) in [6.45, 7) is 8.89. The molecule has 1 N–H and O–H groups in total. The summed E-state index contributed by atoms with van der Waals surface area (Å²) in [4.78, 5) is 14.5. The van der Waals surface area contributed by atoms with E-state index in [1.807, 2.05) is 12.1 Å². The summed E-state index contributed by atoms with van der Waals surface area (Å²) >= 11 is 0. The van der Waals surface area contributed by atoms with Gasteiger partial charge in [0.15, 0.2) is 0 Å². The first-order valence-corrected chi connectivity index (χ1v) is 7.62. The molecule has 1 aromatic carbocycles. The Bertz CT molecular complexity index is 474. The SMILES string of the molecule is Cc1cccc(NCC(=O)N2C(C)CCCC2C)c1C. The fourth-order valence-electron chi connectivity index (χ4n) is 3.12. The average Bonchev–Trinajstić information content (AvgIpc) is 2.40. The van der Waals surface area contributed by atoms with Crippen molar-refractivity contribution in [2.75, 3.05) is 11.9 Å². The lowest BCUT2D eigenvalue weighted by molar-refractivity contribution is -0.135. The number of rotatable bonds is 3. The molecule has 110 valence electrons. The van der Waals surface area contributed by atoms with E-state index in [2.05, 4.69) is 44.0 Å². The zero-order valence-electron chi connectivity index (χ0n) is 13.1. The van der Waals surface area contributed by atoms with Gasteiger partial charge in [0.1, 0.15) is 0 Å². The van der Waals surface area contributed by atoms with Crippen LogP contribution in [0.2, 0.25) is 0 Å². The third kappa shape index (κ3) is 3.14. The summed E-state index contributed by atoms with van der Waals surface area (Å²) in [5, 5.41) is 3.30. The van der Waals surface area contributed by atoms with Gasteiger partial charge >= 0.3 is 0 Å². The second kappa shape index (κ2) is 6.29. The van der Waals surface area contributed by atoms with Crippen LogP contribution in [-0.4, -0.2) is 29.4 Å². The van der Waals surface area contributed by atoms with Gasteiger partial charge in [-0.3, -0.25) is 4.79 Å². The lowest BCUT2D eigenvalue weighted by Gasteiger charge is -2.39. The third-order valence-corrected chi connectivity index (χ3v) is 4.52. The predicted molar refractivity (Wildman–Crippen MR) is 84.0 cm³/mol. The van der Waals surface area contributed by atoms with E-state index in [0.29, 0.717) is 18.6 Å². The van der Waals surface area contributed by atoms with E-state index in [0.717, 1.165) is 18.5 Å². The first-order chi connectivity index (χ1) is 9.50. The highest BCUT2D eigenvalue weighted by Crippen LogP contribution is 2.23. The van der Waals surface area contributed by atoms with Crippen LogP contribution in [0.3, 0.4) is 0 Å². The molecule has 0 saturated carbocycles. The Hall–Kier alpha value is -1.51. The van der Waals surface area contributed by atoms with Gasteiger partial charge in [0, 0.05) is 17.8 Å². The van der Waals surface area contributed by atoms with Crippen molar-refractivity contribution in [1.29, 1.82) is 0 Å². The molecule has 1 fully saturated rings. The zero-order chi connectivity index (χ0) is 14.7. The molecule has 2 atom stereocenters. The van der Waals surface area contributed by atoms with Crippen LogP contribution in [0.4, 0.5) is 5.69 Å². The van der Waals surface area contributed by atoms with Gasteiger partial charge in [-0.15, -0.1) is 0 Å². The quantitative estimate of drug-likeness (QED) is 0.915. The van der Waals surface area contributed by atoms with Crippen molar-refractivity contribution < 1.29 is 4.79 Å². The van der Waals surface area contributed by atoms with Crippen molar-refractivity contribution in [3.63, 3.8) is 0 Å². The van der Waals surface area contributed by atoms with Crippen molar-refractivity contribution in [2.45, 2.75) is 59.0 Å². The van der Waals surface area contributed by atoms with E-state index in [1.54, 1.807) is 0 Å². The molecule has 3 nitrogen and oxygen atoms in total. The minimum absolute atomic E-state index is 0.214. The van der Waals surface area contributed by atoms with Gasteiger partial charge in [0.05, 0.1) is 6.54 Å². The van der Waals surface area contributed by atoms with Crippen LogP contribution in [-0.2, 0) is 4.79 Å². The molecule has 0 radical (unpaired) electrons. The zero-order valence-corrected chi connectivity index (χ0v) is 13.1. The Kier molecular flexibility index (Phi) is 4.69. The predicted octanol–water partition coefficient (Wildman–Crippen LogP) is 3.50. The fraction of sp³-hybridized carbons (Fsp3) is 0.588. The fourth-order valence-corrected chi connectivity index (χ4v) is 3.12. The highest BCUT2D eigenvalue weighted by molar-refractivity contribution is 5.81. The molecule has 0 bridgehead atoms. The lowest BCUT2D eigenvalue weighted by atomic mass is 9.97. The smallest absolute Gasteiger partial charge is 0.242 e. The van der Waals surface area contributed by atoms with Crippen molar-refractivity contribution in [1.82, 2.24) is 4.90 Å². The Labute approximate surface area is 122 Å². The maximum atomic E-state index is 12.5. The summed E-state index contributed by atoms with van der Waals surface area (Å²) in [6.07, 6.45) is 3.48. The van der Waals surface area contributed by atoms with Gasteiger partial charge < -0.3 is 10.2 Å². The molecule has 0 aromatic heterocycles. The number of nitrogens with zero attached hydrogens (tertiary/aromatic N) is 1. The average molecular weight is 274 g/mol. The molecule has 20 heavy (non-hydrogen) atoms. The number of hydrogen-bond donors (Lipinski definition) is 1. The molecule has 0 spiro atoms. The van der Waals surface area contributed by atoms with Gasteiger partial charge in [-0.25, -0.2) is 0 Å². The normalized spacial score (nSPS) is 22.7. The summed E-state index contributed by atoms with van der Waals surface area (Å²) in [5.41, 5.74) is 3.54. The van der Waals surface area contributed by atoms with Gasteiger partial charge in [0.25, 0.3) is 0 Å². The van der Waals surface area contributed by atoms with Gasteiger partial charge in [-0.1, -0.05) is 12.1 Å². The van der Waals surface area contributed by atoms with Gasteiger partial charge in [-0.05, 0) is 64.2 Å². The lowest BCUT2D eigenvalue weighted by Crippen LogP contribution is -2.49. The Morgan fingerprint density at radius 3 is 2.55 bits per heavy atom. The maximum absolute atomic E-state index is 12.5. The minimum atomic E-state index is 0.214. The number of likely N-dealkylation sites (tertiary alicyclic amines) is 1. The van der Waals surface area contributed by atoms with Crippen LogP contribution >= 0.6 is 0 Å². The van der Waals surface area contributed by atoms with E-state index in [1.165, 1.54) is 17.5 Å². The monoisotopic (exact) mass is 274 g/mol. The van der Waals surface area contributed by atoms with Crippen LogP contribution in [0.15, 0.2) is 18.2 Å². The van der Waals surface area contributed by atoms with Crippen molar-refractivity contribution >= 4 is 11.6 Å². The standard InChI is InChI=1S/C17H26N2O/c1-12-7-5-10-16(15(12)4)18-11-17(20)19-13(2)8-6-9-14(19)3/h5,7,10,13-14,18H,6,8-9,11H2,1-4H3. The van der Waals surface area contributed by atoms with Gasteiger partial charge in [0.2, 0.25) is 5.91 Å². The molecule has 1 saturated heterocycles. The summed E-state index contributed by atoms with van der Waals surface area (Å²) in [5.74, 6) is 0.214. The first-order valence-electron chi connectivity index (χ1n) is 7.62. The van der Waals surface area contributed by atoms with Crippen molar-refractivity contribution in [2.24, 2.45) is 0 Å². The molecular formula is C17H26N2O. The summed E-state index contributed by atoms with van der Waals surface area (Å²) in [7, 11) is 0. The molecule has 1 aliphatic rings. The number of anilines is 1. The number of benzene rings is 1. The molecular weight excluding hydrogens is 248 g/mol. The Morgan fingerprint density at radius 2 is 1.90 bits per heavy atom. The molecule has 1 aliphatic heterocycles. The second-order valence-electron chi connectivity index (χ2n) is 6.03. The van der Waals surface area contributed by atoms with E-state index in [4.69, 9.17) is 0 Å². The number of aryl methyl sites for hydroxylation is 1. The Balaban J connectivity index is 1.99. The van der Waals surface area contributed by atoms with Crippen LogP contribution in [0.1, 0.15) is 44.2 Å². The first kappa shape index (κ1) is 14.9. The van der Waals surface area contributed by atoms with Crippen molar-refractivity contribution in [3.8, 4) is 0 Å². The van der Waals surface area contributed by atoms with Crippen LogP contribution in [0.5, 0.6) is 0 Å². The highest BCUT2D eigenvalue weighted by Gasteiger charge is 2.28. The number of amides is 1. The number of nitrogens with one attached hydrogen (secondary N) is 1. The van der Waals surface area contributed by atoms with Crippen LogP contribution in [0.25, 0.3) is 0 Å². The maximum Gasteiger partial charge on any atom is 0.242 e. The molecule has 3 heteroatoms. The number of carbonyl (C=O) groups excluding carboxylic acids is 1. The molecule has 2 unspecified atom stereocenters. The molecule has 1 heterocycles. The summed E-state index contributed by atoms with van der Waals surface area (Å²) < 4.78 is 0. The number of carbonyl (C=O) groups is 1. The number of hydrogen-bond acceptors (Lipinski definition) is 2. The largest absolute Gasteiger partial charge is 0.376 e. The van der Waals surface area contributed by atoms with E-state index >= 15 is 0 Å². The molecule has 1 aromatic rings.